The summed E-state index contributed by atoms with van der Waals surface area (Å²) in [7, 11) is 1.31. The van der Waals surface area contributed by atoms with Crippen LogP contribution in [0.3, 0.4) is 0 Å². The van der Waals surface area contributed by atoms with E-state index in [4.69, 9.17) is 4.74 Å². The number of esters is 1. The molecule has 0 unspecified atom stereocenters. The normalized spacial score (nSPS) is 10.2. The number of hydrogen-bond acceptors (Lipinski definition) is 4. The second-order valence-electron chi connectivity index (χ2n) is 3.87. The Bertz CT molecular complexity index is 617. The summed E-state index contributed by atoms with van der Waals surface area (Å²) < 4.78 is 11.5. The molecule has 4 nitrogen and oxygen atoms in total. The largest absolute Gasteiger partial charge is 0.472 e. The van der Waals surface area contributed by atoms with E-state index in [1.54, 1.807) is 6.07 Å². The predicted octanol–water partition coefficient (Wildman–Crippen LogP) is 3.97. The van der Waals surface area contributed by atoms with Crippen LogP contribution in [0.25, 0.3) is 0 Å². The van der Waals surface area contributed by atoms with Gasteiger partial charge in [0.05, 0.1) is 16.1 Å². The van der Waals surface area contributed by atoms with Gasteiger partial charge < -0.3 is 9.47 Å². The molecule has 0 N–H and O–H groups in total. The monoisotopic (exact) mass is 399 g/mol. The number of aromatic nitrogens is 1. The summed E-state index contributed by atoms with van der Waals surface area (Å²) in [5, 5.41) is 0. The van der Waals surface area contributed by atoms with Crippen molar-refractivity contribution in [1.82, 2.24) is 4.98 Å². The molecule has 0 amide bonds. The van der Waals surface area contributed by atoms with Crippen molar-refractivity contribution in [1.29, 1.82) is 0 Å². The molecule has 0 saturated carbocycles. The Kier molecular flexibility index (Phi) is 5.14. The average molecular weight is 401 g/mol. The molecule has 0 spiro atoms. The van der Waals surface area contributed by atoms with E-state index in [1.165, 1.54) is 7.11 Å². The molecule has 1 heterocycles. The number of pyridine rings is 1. The van der Waals surface area contributed by atoms with Crippen molar-refractivity contribution in [2.45, 2.75) is 6.61 Å². The van der Waals surface area contributed by atoms with E-state index in [0.717, 1.165) is 5.56 Å². The second kappa shape index (κ2) is 6.85. The van der Waals surface area contributed by atoms with Crippen molar-refractivity contribution < 1.29 is 14.3 Å². The molecular formula is C14H11Br2NO3. The predicted molar refractivity (Wildman–Crippen MR) is 81.8 cm³/mol. The van der Waals surface area contributed by atoms with Gasteiger partial charge in [0, 0.05) is 0 Å². The van der Waals surface area contributed by atoms with E-state index >= 15 is 0 Å². The summed E-state index contributed by atoms with van der Waals surface area (Å²) in [6.45, 7) is 0.370. The van der Waals surface area contributed by atoms with Crippen LogP contribution >= 0.6 is 31.9 Å². The number of halogens is 2. The molecule has 20 heavy (non-hydrogen) atoms. The van der Waals surface area contributed by atoms with Crippen LogP contribution in [-0.2, 0) is 11.3 Å². The maximum Gasteiger partial charge on any atom is 0.357 e. The number of carbonyl (C=O) groups excluding carboxylic acids is 1. The van der Waals surface area contributed by atoms with Crippen molar-refractivity contribution in [2.75, 3.05) is 7.11 Å². The van der Waals surface area contributed by atoms with Crippen molar-refractivity contribution >= 4 is 37.8 Å². The second-order valence-corrected chi connectivity index (χ2v) is 5.58. The highest BCUT2D eigenvalue weighted by Gasteiger charge is 2.16. The number of ether oxygens (including phenoxy) is 2. The van der Waals surface area contributed by atoms with Crippen LogP contribution in [0.4, 0.5) is 0 Å². The van der Waals surface area contributed by atoms with Crippen LogP contribution in [0.15, 0.2) is 45.3 Å². The molecule has 2 rings (SSSR count). The summed E-state index contributed by atoms with van der Waals surface area (Å²) in [4.78, 5) is 15.8. The summed E-state index contributed by atoms with van der Waals surface area (Å²) >= 11 is 6.63. The van der Waals surface area contributed by atoms with Gasteiger partial charge in [0.15, 0.2) is 5.69 Å². The lowest BCUT2D eigenvalue weighted by Gasteiger charge is -2.10. The third-order valence-electron chi connectivity index (χ3n) is 2.49. The van der Waals surface area contributed by atoms with Crippen molar-refractivity contribution in [3.63, 3.8) is 0 Å². The Morgan fingerprint density at radius 3 is 2.55 bits per heavy atom. The lowest BCUT2D eigenvalue weighted by atomic mass is 10.2. The van der Waals surface area contributed by atoms with Crippen LogP contribution in [0.5, 0.6) is 5.88 Å². The van der Waals surface area contributed by atoms with Crippen LogP contribution in [0.2, 0.25) is 0 Å². The highest BCUT2D eigenvalue weighted by molar-refractivity contribution is 9.11. The van der Waals surface area contributed by atoms with Crippen LogP contribution in [-0.4, -0.2) is 18.1 Å². The third kappa shape index (κ3) is 3.58. The van der Waals surface area contributed by atoms with Gasteiger partial charge >= 0.3 is 5.97 Å². The molecule has 0 aliphatic carbocycles. The zero-order valence-corrected chi connectivity index (χ0v) is 13.8. The summed E-state index contributed by atoms with van der Waals surface area (Å²) in [6, 6.07) is 11.4. The molecule has 2 aromatic rings. The first-order valence-corrected chi connectivity index (χ1v) is 7.31. The van der Waals surface area contributed by atoms with Crippen LogP contribution in [0, 0.1) is 0 Å². The van der Waals surface area contributed by atoms with E-state index in [0.29, 0.717) is 21.4 Å². The lowest BCUT2D eigenvalue weighted by Crippen LogP contribution is -2.08. The molecule has 0 radical (unpaired) electrons. The molecule has 104 valence electrons. The number of benzene rings is 1. The SMILES string of the molecule is COC(=O)c1nc(OCc2ccccc2)c(Br)cc1Br. The summed E-state index contributed by atoms with van der Waals surface area (Å²) in [5.41, 5.74) is 1.20. The van der Waals surface area contributed by atoms with E-state index < -0.39 is 5.97 Å². The van der Waals surface area contributed by atoms with Gasteiger partial charge in [-0.05, 0) is 43.5 Å². The molecular weight excluding hydrogens is 390 g/mol. The minimum absolute atomic E-state index is 0.179. The smallest absolute Gasteiger partial charge is 0.357 e. The number of nitrogens with zero attached hydrogens (tertiary/aromatic N) is 1. The van der Waals surface area contributed by atoms with Gasteiger partial charge in [-0.2, -0.15) is 0 Å². The van der Waals surface area contributed by atoms with Gasteiger partial charge in [-0.3, -0.25) is 0 Å². The first-order valence-electron chi connectivity index (χ1n) is 5.73. The van der Waals surface area contributed by atoms with Gasteiger partial charge in [-0.1, -0.05) is 30.3 Å². The fraction of sp³-hybridized carbons (Fsp3) is 0.143. The molecule has 0 bridgehead atoms. The molecule has 6 heteroatoms. The highest BCUT2D eigenvalue weighted by atomic mass is 79.9. The zero-order valence-electron chi connectivity index (χ0n) is 10.6. The zero-order chi connectivity index (χ0) is 14.5. The van der Waals surface area contributed by atoms with Gasteiger partial charge in [0.25, 0.3) is 0 Å². The Hall–Kier alpha value is -1.40. The molecule has 1 aromatic carbocycles. The number of methoxy groups -OCH3 is 1. The molecule has 0 fully saturated rings. The first kappa shape index (κ1) is 15.0. The molecule has 0 aliphatic rings. The van der Waals surface area contributed by atoms with Gasteiger partial charge in [0.1, 0.15) is 6.61 Å². The fourth-order valence-electron chi connectivity index (χ4n) is 1.52. The fourth-order valence-corrected chi connectivity index (χ4v) is 2.74. The minimum Gasteiger partial charge on any atom is -0.472 e. The first-order chi connectivity index (χ1) is 9.61. The maximum atomic E-state index is 11.6. The van der Waals surface area contributed by atoms with E-state index in [1.807, 2.05) is 30.3 Å². The van der Waals surface area contributed by atoms with Crippen molar-refractivity contribution in [2.24, 2.45) is 0 Å². The Morgan fingerprint density at radius 1 is 1.20 bits per heavy atom. The Morgan fingerprint density at radius 2 is 1.90 bits per heavy atom. The molecule has 1 aromatic heterocycles. The van der Waals surface area contributed by atoms with Gasteiger partial charge in [0.2, 0.25) is 5.88 Å². The summed E-state index contributed by atoms with van der Waals surface area (Å²) in [6.07, 6.45) is 0. The maximum absolute atomic E-state index is 11.6. The number of hydrogen-bond donors (Lipinski definition) is 0. The quantitative estimate of drug-likeness (QED) is 0.728. The van der Waals surface area contributed by atoms with E-state index in [2.05, 4.69) is 41.6 Å². The summed E-state index contributed by atoms with van der Waals surface area (Å²) in [5.74, 6) is -0.175. The van der Waals surface area contributed by atoms with Crippen LogP contribution < -0.4 is 4.74 Å². The Balaban J connectivity index is 2.21. The Labute approximate surface area is 133 Å². The number of rotatable bonds is 4. The molecule has 0 saturated heterocycles. The average Bonchev–Trinajstić information content (AvgIpc) is 2.46. The number of carbonyl (C=O) groups is 1. The van der Waals surface area contributed by atoms with Crippen molar-refractivity contribution in [3.8, 4) is 5.88 Å². The highest BCUT2D eigenvalue weighted by Crippen LogP contribution is 2.29. The van der Waals surface area contributed by atoms with Crippen molar-refractivity contribution in [3.05, 3.63) is 56.6 Å². The van der Waals surface area contributed by atoms with E-state index in [9.17, 15) is 4.79 Å². The lowest BCUT2D eigenvalue weighted by molar-refractivity contribution is 0.0591. The van der Waals surface area contributed by atoms with Gasteiger partial charge in [-0.15, -0.1) is 0 Å². The standard InChI is InChI=1S/C14H11Br2NO3/c1-19-14(18)12-10(15)7-11(16)13(17-12)20-8-9-5-3-2-4-6-9/h2-7H,8H2,1H3. The topological polar surface area (TPSA) is 48.4 Å². The minimum atomic E-state index is -0.520. The molecule has 0 atom stereocenters. The van der Waals surface area contributed by atoms with E-state index in [-0.39, 0.29) is 5.69 Å². The molecule has 0 aliphatic heterocycles. The van der Waals surface area contributed by atoms with Crippen LogP contribution in [0.1, 0.15) is 16.1 Å². The van der Waals surface area contributed by atoms with Gasteiger partial charge in [-0.25, -0.2) is 9.78 Å². The third-order valence-corrected chi connectivity index (χ3v) is 3.67.